The first-order valence-corrected chi connectivity index (χ1v) is 9.26. The van der Waals surface area contributed by atoms with Crippen LogP contribution in [0.4, 0.5) is 5.69 Å². The number of ether oxygens (including phenoxy) is 1. The highest BCUT2D eigenvalue weighted by atomic mass is 16.5. The first-order valence-electron chi connectivity index (χ1n) is 9.26. The minimum Gasteiger partial charge on any atom is -0.480 e. The molecule has 0 spiro atoms. The van der Waals surface area contributed by atoms with E-state index in [1.807, 2.05) is 52.8 Å². The molecule has 0 unspecified atom stereocenters. The Morgan fingerprint density at radius 3 is 2.44 bits per heavy atom. The van der Waals surface area contributed by atoms with E-state index < -0.39 is 6.10 Å². The smallest absolute Gasteiger partial charge is 0.265 e. The van der Waals surface area contributed by atoms with Gasteiger partial charge in [0.25, 0.3) is 11.8 Å². The first kappa shape index (κ1) is 20.5. The molecule has 0 saturated carbocycles. The van der Waals surface area contributed by atoms with Gasteiger partial charge in [-0.15, -0.1) is 0 Å². The predicted molar refractivity (Wildman–Crippen MR) is 108 cm³/mol. The van der Waals surface area contributed by atoms with Gasteiger partial charge in [-0.1, -0.05) is 31.2 Å². The normalized spacial score (nSPS) is 11.8. The van der Waals surface area contributed by atoms with E-state index in [0.717, 1.165) is 11.1 Å². The highest BCUT2D eigenvalue weighted by Gasteiger charge is 2.21. The summed E-state index contributed by atoms with van der Waals surface area (Å²) in [5.41, 5.74) is 2.95. The van der Waals surface area contributed by atoms with Gasteiger partial charge >= 0.3 is 0 Å². The summed E-state index contributed by atoms with van der Waals surface area (Å²) >= 11 is 0. The van der Waals surface area contributed by atoms with Gasteiger partial charge in [-0.25, -0.2) is 0 Å². The lowest BCUT2D eigenvalue weighted by Gasteiger charge is -2.20. The Kier molecular flexibility index (Phi) is 6.99. The van der Waals surface area contributed by atoms with Crippen molar-refractivity contribution in [3.63, 3.8) is 0 Å². The summed E-state index contributed by atoms with van der Waals surface area (Å²) in [5.74, 6) is 0.204. The molecule has 27 heavy (non-hydrogen) atoms. The molecule has 0 aromatic heterocycles. The topological polar surface area (TPSA) is 67.4 Å². The molecule has 0 aliphatic heterocycles. The number of nitrogens with one attached hydrogen (secondary N) is 2. The van der Waals surface area contributed by atoms with Crippen molar-refractivity contribution in [2.75, 3.05) is 5.32 Å². The SMILES string of the molecule is CC[C@H](Oc1cc(C)ccc1C)C(=O)Nc1ccccc1C(=O)NC(C)C. The van der Waals surface area contributed by atoms with Gasteiger partial charge in [-0.05, 0) is 63.4 Å². The molecule has 0 aliphatic rings. The van der Waals surface area contributed by atoms with Gasteiger partial charge < -0.3 is 15.4 Å². The molecule has 0 fully saturated rings. The van der Waals surface area contributed by atoms with Crippen molar-refractivity contribution in [1.29, 1.82) is 0 Å². The summed E-state index contributed by atoms with van der Waals surface area (Å²) in [5, 5.41) is 5.69. The first-order chi connectivity index (χ1) is 12.8. The maximum absolute atomic E-state index is 12.8. The van der Waals surface area contributed by atoms with Crippen LogP contribution in [0.3, 0.4) is 0 Å². The van der Waals surface area contributed by atoms with Crippen molar-refractivity contribution >= 4 is 17.5 Å². The molecule has 2 amide bonds. The van der Waals surface area contributed by atoms with Crippen molar-refractivity contribution in [1.82, 2.24) is 5.32 Å². The number of aryl methyl sites for hydroxylation is 2. The van der Waals surface area contributed by atoms with Crippen LogP contribution in [-0.2, 0) is 4.79 Å². The fraction of sp³-hybridized carbons (Fsp3) is 0.364. The highest BCUT2D eigenvalue weighted by Crippen LogP contribution is 2.22. The van der Waals surface area contributed by atoms with Crippen LogP contribution in [0.2, 0.25) is 0 Å². The molecule has 2 aromatic carbocycles. The summed E-state index contributed by atoms with van der Waals surface area (Å²) in [6, 6.07) is 12.9. The van der Waals surface area contributed by atoms with Crippen molar-refractivity contribution in [3.05, 3.63) is 59.2 Å². The molecule has 2 aromatic rings. The van der Waals surface area contributed by atoms with E-state index in [2.05, 4.69) is 10.6 Å². The predicted octanol–water partition coefficient (Wildman–Crippen LogP) is 4.24. The van der Waals surface area contributed by atoms with E-state index in [-0.39, 0.29) is 17.9 Å². The Morgan fingerprint density at radius 1 is 1.07 bits per heavy atom. The zero-order valence-corrected chi connectivity index (χ0v) is 16.6. The lowest BCUT2D eigenvalue weighted by Crippen LogP contribution is -2.34. The number of amides is 2. The van der Waals surface area contributed by atoms with Crippen molar-refractivity contribution in [3.8, 4) is 5.75 Å². The number of anilines is 1. The molecule has 5 heteroatoms. The van der Waals surface area contributed by atoms with Crippen molar-refractivity contribution in [2.45, 2.75) is 53.2 Å². The largest absolute Gasteiger partial charge is 0.480 e. The Morgan fingerprint density at radius 2 is 1.78 bits per heavy atom. The van der Waals surface area contributed by atoms with E-state index in [4.69, 9.17) is 4.74 Å². The van der Waals surface area contributed by atoms with Gasteiger partial charge in [0.2, 0.25) is 0 Å². The number of carbonyl (C=O) groups excluding carboxylic acids is 2. The molecule has 144 valence electrons. The van der Waals surface area contributed by atoms with Crippen LogP contribution >= 0.6 is 0 Å². The standard InChI is InChI=1S/C22H28N2O3/c1-6-19(27-20-13-15(4)11-12-16(20)5)22(26)24-18-10-8-7-9-17(18)21(25)23-14(2)3/h7-14,19H,6H2,1-5H3,(H,23,25)(H,24,26)/t19-/m0/s1. The number of carbonyl (C=O) groups is 2. The van der Waals surface area contributed by atoms with E-state index in [9.17, 15) is 9.59 Å². The molecule has 0 bridgehead atoms. The molecule has 0 aliphatic carbocycles. The summed E-state index contributed by atoms with van der Waals surface area (Å²) in [6.07, 6.45) is -0.133. The molecule has 2 N–H and O–H groups in total. The third kappa shape index (κ3) is 5.58. The van der Waals surface area contributed by atoms with E-state index >= 15 is 0 Å². The Bertz CT molecular complexity index is 815. The van der Waals surface area contributed by atoms with Gasteiger partial charge in [0.15, 0.2) is 6.10 Å². The molecular weight excluding hydrogens is 340 g/mol. The second-order valence-corrected chi connectivity index (χ2v) is 6.95. The van der Waals surface area contributed by atoms with Gasteiger partial charge in [-0.3, -0.25) is 9.59 Å². The third-order valence-electron chi connectivity index (χ3n) is 4.13. The van der Waals surface area contributed by atoms with Gasteiger partial charge in [0.05, 0.1) is 11.3 Å². The van der Waals surface area contributed by atoms with Crippen LogP contribution in [0, 0.1) is 13.8 Å². The molecule has 0 heterocycles. The molecule has 0 saturated heterocycles. The maximum Gasteiger partial charge on any atom is 0.265 e. The molecule has 1 atom stereocenters. The van der Waals surface area contributed by atoms with Crippen LogP contribution < -0.4 is 15.4 Å². The van der Waals surface area contributed by atoms with Crippen LogP contribution in [0.15, 0.2) is 42.5 Å². The monoisotopic (exact) mass is 368 g/mol. The van der Waals surface area contributed by atoms with Crippen LogP contribution in [0.5, 0.6) is 5.75 Å². The number of rotatable bonds is 7. The molecule has 5 nitrogen and oxygen atoms in total. The minimum atomic E-state index is -0.647. The second-order valence-electron chi connectivity index (χ2n) is 6.95. The summed E-state index contributed by atoms with van der Waals surface area (Å²) < 4.78 is 5.96. The van der Waals surface area contributed by atoms with E-state index in [0.29, 0.717) is 23.4 Å². The van der Waals surface area contributed by atoms with Crippen molar-refractivity contribution in [2.24, 2.45) is 0 Å². The van der Waals surface area contributed by atoms with E-state index in [1.165, 1.54) is 0 Å². The maximum atomic E-state index is 12.8. The second kappa shape index (κ2) is 9.21. The van der Waals surface area contributed by atoms with Crippen LogP contribution in [-0.4, -0.2) is 24.0 Å². The molecule has 2 rings (SSSR count). The summed E-state index contributed by atoms with van der Waals surface area (Å²) in [7, 11) is 0. The van der Waals surface area contributed by atoms with E-state index in [1.54, 1.807) is 24.3 Å². The summed E-state index contributed by atoms with van der Waals surface area (Å²) in [4.78, 5) is 25.1. The lowest BCUT2D eigenvalue weighted by molar-refractivity contribution is -0.122. The molecular formula is C22H28N2O3. The number of para-hydroxylation sites is 1. The van der Waals surface area contributed by atoms with Crippen LogP contribution in [0.25, 0.3) is 0 Å². The Hall–Kier alpha value is -2.82. The zero-order valence-electron chi connectivity index (χ0n) is 16.6. The average Bonchev–Trinajstić information content (AvgIpc) is 2.62. The average molecular weight is 368 g/mol. The van der Waals surface area contributed by atoms with Crippen molar-refractivity contribution < 1.29 is 14.3 Å². The summed E-state index contributed by atoms with van der Waals surface area (Å²) in [6.45, 7) is 9.61. The third-order valence-corrected chi connectivity index (χ3v) is 4.13. The Labute approximate surface area is 161 Å². The van der Waals surface area contributed by atoms with Gasteiger partial charge in [0, 0.05) is 6.04 Å². The molecule has 0 radical (unpaired) electrons. The van der Waals surface area contributed by atoms with Crippen LogP contribution in [0.1, 0.15) is 48.7 Å². The minimum absolute atomic E-state index is 0.0114. The fourth-order valence-electron chi connectivity index (χ4n) is 2.65. The Balaban J connectivity index is 2.17. The quantitative estimate of drug-likeness (QED) is 0.768. The number of benzene rings is 2. The lowest BCUT2D eigenvalue weighted by atomic mass is 10.1. The zero-order chi connectivity index (χ0) is 20.0. The number of hydrogen-bond donors (Lipinski definition) is 2. The van der Waals surface area contributed by atoms with Gasteiger partial charge in [-0.2, -0.15) is 0 Å². The fourth-order valence-corrected chi connectivity index (χ4v) is 2.65. The number of hydrogen-bond acceptors (Lipinski definition) is 3. The van der Waals surface area contributed by atoms with Gasteiger partial charge in [0.1, 0.15) is 5.75 Å². The highest BCUT2D eigenvalue weighted by molar-refractivity contribution is 6.04.